The first kappa shape index (κ1) is 29.5. The topological polar surface area (TPSA) is 62.2 Å². The molecule has 0 spiro atoms. The predicted octanol–water partition coefficient (Wildman–Crippen LogP) is 7.46. The molecule has 1 unspecified atom stereocenters. The fraction of sp³-hybridized carbons (Fsp3) is 0.364. The average molecular weight is 581 g/mol. The van der Waals surface area contributed by atoms with Gasteiger partial charge < -0.3 is 19.5 Å². The minimum Gasteiger partial charge on any atom is -0.501 e. The molecule has 2 atom stereocenters. The molecular formula is C33H35F3N2O4. The Morgan fingerprint density at radius 3 is 2.43 bits per heavy atom. The number of nitrogens with zero attached hydrogens (tertiary/aromatic N) is 2. The summed E-state index contributed by atoms with van der Waals surface area (Å²) in [7, 11) is 0. The van der Waals surface area contributed by atoms with E-state index in [0.717, 1.165) is 43.1 Å². The molecule has 222 valence electrons. The highest BCUT2D eigenvalue weighted by atomic mass is 19.4. The lowest BCUT2D eigenvalue weighted by atomic mass is 9.81. The highest BCUT2D eigenvalue weighted by molar-refractivity contribution is 5.67. The SMILES string of the molecule is CCOC=Cc1ccc(COc2cccc([C@H](c3ccccc3)N(C(=O)O)C3CN4CCC3CC4)c2)cc1C(F)(F)F. The smallest absolute Gasteiger partial charge is 0.416 e. The standard InChI is InChI=1S/C33H35F3N2O4/c1-2-41-18-15-24-12-11-23(19-29(24)33(34,35)36)22-42-28-10-6-9-27(20-28)31(26-7-4-3-5-8-26)38(32(39)40)30-21-37-16-13-25(30)14-17-37/h3-12,15,18-20,25,30-31H,2,13-14,16-17,21-22H2,1H3,(H,39,40)/t30?,31-/m0/s1. The van der Waals surface area contributed by atoms with Crippen molar-refractivity contribution in [1.82, 2.24) is 9.80 Å². The normalized spacial score (nSPS) is 20.8. The molecule has 0 aliphatic carbocycles. The Kier molecular flexibility index (Phi) is 9.06. The second kappa shape index (κ2) is 12.9. The Morgan fingerprint density at radius 1 is 1.05 bits per heavy atom. The lowest BCUT2D eigenvalue weighted by molar-refractivity contribution is -0.137. The molecule has 0 radical (unpaired) electrons. The number of amides is 1. The zero-order chi connectivity index (χ0) is 29.7. The highest BCUT2D eigenvalue weighted by Crippen LogP contribution is 2.39. The molecule has 0 aromatic heterocycles. The number of alkyl halides is 3. The molecule has 1 amide bonds. The fourth-order valence-electron chi connectivity index (χ4n) is 6.08. The van der Waals surface area contributed by atoms with Gasteiger partial charge in [-0.1, -0.05) is 54.6 Å². The average Bonchev–Trinajstić information content (AvgIpc) is 2.99. The molecule has 3 heterocycles. The number of halogens is 3. The molecule has 3 aromatic carbocycles. The zero-order valence-electron chi connectivity index (χ0n) is 23.5. The van der Waals surface area contributed by atoms with Crippen molar-refractivity contribution >= 4 is 12.2 Å². The maximum Gasteiger partial charge on any atom is 0.416 e. The van der Waals surface area contributed by atoms with Gasteiger partial charge in [-0.15, -0.1) is 0 Å². The van der Waals surface area contributed by atoms with Crippen LogP contribution in [0, 0.1) is 5.92 Å². The number of ether oxygens (including phenoxy) is 2. The molecule has 3 fully saturated rings. The Bertz CT molecular complexity index is 1390. The zero-order valence-corrected chi connectivity index (χ0v) is 23.5. The molecule has 2 bridgehead atoms. The van der Waals surface area contributed by atoms with Crippen LogP contribution >= 0.6 is 0 Å². The van der Waals surface area contributed by atoms with E-state index in [2.05, 4.69) is 4.90 Å². The van der Waals surface area contributed by atoms with Gasteiger partial charge >= 0.3 is 12.3 Å². The molecule has 3 saturated heterocycles. The Balaban J connectivity index is 1.42. The molecule has 0 saturated carbocycles. The van der Waals surface area contributed by atoms with Gasteiger partial charge in [0.25, 0.3) is 0 Å². The van der Waals surface area contributed by atoms with Crippen LogP contribution in [0.25, 0.3) is 6.08 Å². The van der Waals surface area contributed by atoms with Crippen molar-refractivity contribution in [2.24, 2.45) is 5.92 Å². The van der Waals surface area contributed by atoms with Crippen molar-refractivity contribution < 1.29 is 32.5 Å². The molecule has 3 aromatic rings. The van der Waals surface area contributed by atoms with Crippen molar-refractivity contribution in [2.45, 2.75) is 44.6 Å². The van der Waals surface area contributed by atoms with E-state index < -0.39 is 23.9 Å². The van der Waals surface area contributed by atoms with Gasteiger partial charge in [0.15, 0.2) is 0 Å². The molecule has 6 nitrogen and oxygen atoms in total. The van der Waals surface area contributed by atoms with E-state index >= 15 is 0 Å². The van der Waals surface area contributed by atoms with Crippen LogP contribution in [0.15, 0.2) is 79.1 Å². The van der Waals surface area contributed by atoms with E-state index in [1.54, 1.807) is 36.1 Å². The molecule has 1 N–H and O–H groups in total. The fourth-order valence-corrected chi connectivity index (χ4v) is 6.08. The number of benzene rings is 3. The minimum atomic E-state index is -4.54. The first-order valence-corrected chi connectivity index (χ1v) is 14.2. The maximum absolute atomic E-state index is 13.8. The Hall–Kier alpha value is -3.98. The monoisotopic (exact) mass is 580 g/mol. The number of rotatable bonds is 10. The summed E-state index contributed by atoms with van der Waals surface area (Å²) in [5, 5.41) is 10.5. The van der Waals surface area contributed by atoms with Crippen molar-refractivity contribution in [1.29, 1.82) is 0 Å². The van der Waals surface area contributed by atoms with Gasteiger partial charge in [0.2, 0.25) is 0 Å². The van der Waals surface area contributed by atoms with Crippen LogP contribution in [0.2, 0.25) is 0 Å². The third-order valence-corrected chi connectivity index (χ3v) is 8.11. The molecule has 9 heteroatoms. The van der Waals surface area contributed by atoms with Gasteiger partial charge in [-0.3, -0.25) is 4.90 Å². The molecule has 6 rings (SSSR count). The summed E-state index contributed by atoms with van der Waals surface area (Å²) in [6.45, 7) is 4.72. The summed E-state index contributed by atoms with van der Waals surface area (Å²) in [5.74, 6) is 0.743. The van der Waals surface area contributed by atoms with Crippen LogP contribution in [-0.2, 0) is 17.5 Å². The van der Waals surface area contributed by atoms with E-state index in [0.29, 0.717) is 30.4 Å². The first-order chi connectivity index (χ1) is 20.2. The number of hydrogen-bond donors (Lipinski definition) is 1. The first-order valence-electron chi connectivity index (χ1n) is 14.2. The van der Waals surface area contributed by atoms with E-state index in [4.69, 9.17) is 9.47 Å². The maximum atomic E-state index is 13.8. The summed E-state index contributed by atoms with van der Waals surface area (Å²) < 4.78 is 52.4. The van der Waals surface area contributed by atoms with Crippen molar-refractivity contribution in [3.8, 4) is 5.75 Å². The summed E-state index contributed by atoms with van der Waals surface area (Å²) in [6.07, 6.45) is -1.02. The van der Waals surface area contributed by atoms with Gasteiger partial charge in [-0.2, -0.15) is 13.2 Å². The Labute approximate surface area is 244 Å². The van der Waals surface area contributed by atoms with Crippen LogP contribution in [0.1, 0.15) is 53.6 Å². The van der Waals surface area contributed by atoms with Crippen LogP contribution in [0.4, 0.5) is 18.0 Å². The van der Waals surface area contributed by atoms with E-state index in [-0.39, 0.29) is 18.2 Å². The van der Waals surface area contributed by atoms with E-state index in [1.165, 1.54) is 18.4 Å². The highest BCUT2D eigenvalue weighted by Gasteiger charge is 2.43. The van der Waals surface area contributed by atoms with Gasteiger partial charge in [-0.05, 0) is 85.3 Å². The van der Waals surface area contributed by atoms with Gasteiger partial charge in [-0.25, -0.2) is 4.79 Å². The van der Waals surface area contributed by atoms with Crippen LogP contribution in [0.5, 0.6) is 5.75 Å². The number of carbonyl (C=O) groups is 1. The number of fused-ring (bicyclic) bond motifs is 3. The largest absolute Gasteiger partial charge is 0.501 e. The molecule has 3 aliphatic rings. The van der Waals surface area contributed by atoms with Gasteiger partial charge in [0.05, 0.1) is 30.5 Å². The van der Waals surface area contributed by atoms with Crippen LogP contribution < -0.4 is 4.74 Å². The lowest BCUT2D eigenvalue weighted by Crippen LogP contribution is -2.59. The number of hydrogen-bond acceptors (Lipinski definition) is 4. The van der Waals surface area contributed by atoms with E-state index in [9.17, 15) is 23.1 Å². The summed E-state index contributed by atoms with van der Waals surface area (Å²) in [5.41, 5.74) is 1.19. The third-order valence-electron chi connectivity index (χ3n) is 8.11. The van der Waals surface area contributed by atoms with Crippen molar-refractivity contribution in [3.05, 3.63) is 107 Å². The minimum absolute atomic E-state index is 0.00824. The number of piperidine rings is 3. The van der Waals surface area contributed by atoms with Gasteiger partial charge in [0, 0.05) is 6.54 Å². The quantitative estimate of drug-likeness (QED) is 0.252. The predicted molar refractivity (Wildman–Crippen MR) is 154 cm³/mol. The van der Waals surface area contributed by atoms with Crippen molar-refractivity contribution in [2.75, 3.05) is 26.2 Å². The lowest BCUT2D eigenvalue weighted by Gasteiger charge is -2.50. The summed E-state index contributed by atoms with van der Waals surface area (Å²) >= 11 is 0. The van der Waals surface area contributed by atoms with Crippen LogP contribution in [-0.4, -0.2) is 53.3 Å². The summed E-state index contributed by atoms with van der Waals surface area (Å²) in [6, 6.07) is 20.1. The summed E-state index contributed by atoms with van der Waals surface area (Å²) in [4.78, 5) is 16.8. The number of carboxylic acid groups (broad SMARTS) is 1. The van der Waals surface area contributed by atoms with Gasteiger partial charge in [0.1, 0.15) is 12.4 Å². The van der Waals surface area contributed by atoms with Crippen molar-refractivity contribution in [3.63, 3.8) is 0 Å². The molecule has 3 aliphatic heterocycles. The molecule has 42 heavy (non-hydrogen) atoms. The van der Waals surface area contributed by atoms with Crippen LogP contribution in [0.3, 0.4) is 0 Å². The second-order valence-corrected chi connectivity index (χ2v) is 10.7. The van der Waals surface area contributed by atoms with E-state index in [1.807, 2.05) is 36.4 Å². The Morgan fingerprint density at radius 2 is 1.79 bits per heavy atom. The second-order valence-electron chi connectivity index (χ2n) is 10.7. The molecular weight excluding hydrogens is 545 g/mol. The third kappa shape index (κ3) is 6.73.